The van der Waals surface area contributed by atoms with E-state index in [2.05, 4.69) is 31.3 Å². The van der Waals surface area contributed by atoms with Gasteiger partial charge in [-0.25, -0.2) is 0 Å². The molecule has 0 aromatic carbocycles. The molecule has 8 nitrogen and oxygen atoms in total. The van der Waals surface area contributed by atoms with Crippen molar-refractivity contribution >= 4 is 13.7 Å². The molecule has 0 fully saturated rings. The average molecular weight is 968 g/mol. The van der Waals surface area contributed by atoms with Gasteiger partial charge in [-0.3, -0.25) is 9.36 Å². The van der Waals surface area contributed by atoms with Crippen LogP contribution < -0.4 is 10.2 Å². The van der Waals surface area contributed by atoms with E-state index in [1.54, 1.807) is 6.08 Å². The van der Waals surface area contributed by atoms with E-state index in [1.807, 2.05) is 27.2 Å². The van der Waals surface area contributed by atoms with Gasteiger partial charge in [0, 0.05) is 6.42 Å². The van der Waals surface area contributed by atoms with Crippen molar-refractivity contribution in [2.45, 2.75) is 302 Å². The summed E-state index contributed by atoms with van der Waals surface area (Å²) in [5, 5.41) is 13.8. The van der Waals surface area contributed by atoms with Crippen molar-refractivity contribution in [2.75, 3.05) is 40.9 Å². The molecule has 9 heteroatoms. The van der Waals surface area contributed by atoms with Crippen molar-refractivity contribution in [1.29, 1.82) is 0 Å². The highest BCUT2D eigenvalue weighted by atomic mass is 31.2. The first kappa shape index (κ1) is 66.0. The lowest BCUT2D eigenvalue weighted by Crippen LogP contribution is -2.45. The lowest BCUT2D eigenvalue weighted by Gasteiger charge is -2.29. The van der Waals surface area contributed by atoms with Gasteiger partial charge in [0.15, 0.2) is 0 Å². The molecule has 2 N–H and O–H groups in total. The predicted molar refractivity (Wildman–Crippen MR) is 289 cm³/mol. The van der Waals surface area contributed by atoms with Gasteiger partial charge in [0.1, 0.15) is 13.2 Å². The quantitative estimate of drug-likeness (QED) is 0.0272. The molecule has 0 aromatic heterocycles. The number of carbonyl (C=O) groups is 1. The Morgan fingerprint density at radius 2 is 0.821 bits per heavy atom. The second-order valence-electron chi connectivity index (χ2n) is 21.4. The molecule has 0 aliphatic rings. The molecule has 398 valence electrons. The Morgan fingerprint density at radius 3 is 1.16 bits per heavy atom. The Hall–Kier alpha value is -1.02. The number of amides is 1. The van der Waals surface area contributed by atoms with E-state index < -0.39 is 20.0 Å². The highest BCUT2D eigenvalue weighted by molar-refractivity contribution is 7.45. The largest absolute Gasteiger partial charge is 0.756 e. The molecular formula is C58H115N2O6P. The predicted octanol–water partition coefficient (Wildman–Crippen LogP) is 17.0. The second-order valence-corrected chi connectivity index (χ2v) is 22.8. The molecule has 0 aromatic rings. The number of phosphoric acid groups is 1. The van der Waals surface area contributed by atoms with Crippen molar-refractivity contribution in [3.63, 3.8) is 0 Å². The lowest BCUT2D eigenvalue weighted by atomic mass is 10.0. The first-order chi connectivity index (χ1) is 32.5. The molecule has 0 aliphatic carbocycles. The Balaban J connectivity index is 3.86. The van der Waals surface area contributed by atoms with Crippen LogP contribution in [0.2, 0.25) is 0 Å². The van der Waals surface area contributed by atoms with Gasteiger partial charge in [-0.2, -0.15) is 0 Å². The molecule has 3 unspecified atom stereocenters. The van der Waals surface area contributed by atoms with Gasteiger partial charge >= 0.3 is 0 Å². The number of hydrogen-bond acceptors (Lipinski definition) is 6. The number of phosphoric ester groups is 1. The van der Waals surface area contributed by atoms with E-state index in [4.69, 9.17) is 9.05 Å². The number of rotatable bonds is 54. The van der Waals surface area contributed by atoms with Crippen molar-refractivity contribution in [3.05, 3.63) is 24.3 Å². The van der Waals surface area contributed by atoms with E-state index in [0.717, 1.165) is 38.5 Å². The number of quaternary nitrogens is 1. The fourth-order valence-corrected chi connectivity index (χ4v) is 9.52. The molecule has 0 radical (unpaired) electrons. The number of allylic oxidation sites excluding steroid dienone is 3. The molecule has 0 saturated carbocycles. The fraction of sp³-hybridized carbons (Fsp3) is 0.914. The van der Waals surface area contributed by atoms with Crippen LogP contribution in [0.4, 0.5) is 0 Å². The highest BCUT2D eigenvalue weighted by Crippen LogP contribution is 2.38. The molecule has 0 aliphatic heterocycles. The van der Waals surface area contributed by atoms with Crippen molar-refractivity contribution < 1.29 is 32.9 Å². The van der Waals surface area contributed by atoms with Crippen LogP contribution in [0.5, 0.6) is 0 Å². The topological polar surface area (TPSA) is 108 Å². The summed E-state index contributed by atoms with van der Waals surface area (Å²) in [6.07, 6.45) is 62.9. The molecule has 67 heavy (non-hydrogen) atoms. The third-order valence-electron chi connectivity index (χ3n) is 13.4. The van der Waals surface area contributed by atoms with Crippen LogP contribution in [-0.2, 0) is 18.4 Å². The maximum Gasteiger partial charge on any atom is 0.268 e. The van der Waals surface area contributed by atoms with Crippen LogP contribution >= 0.6 is 7.82 Å². The van der Waals surface area contributed by atoms with Crippen molar-refractivity contribution in [3.8, 4) is 0 Å². The number of nitrogens with zero attached hydrogens (tertiary/aromatic N) is 1. The molecule has 0 saturated heterocycles. The van der Waals surface area contributed by atoms with Crippen molar-refractivity contribution in [1.82, 2.24) is 5.32 Å². The minimum Gasteiger partial charge on any atom is -0.756 e. The van der Waals surface area contributed by atoms with Gasteiger partial charge in [-0.05, 0) is 44.9 Å². The van der Waals surface area contributed by atoms with Gasteiger partial charge in [-0.1, -0.05) is 263 Å². The zero-order valence-electron chi connectivity index (χ0n) is 45.4. The average Bonchev–Trinajstić information content (AvgIpc) is 3.29. The maximum absolute atomic E-state index is 12.9. The standard InChI is InChI=1S/C58H115N2O6P/c1-6-8-10-12-14-16-18-19-20-21-22-23-24-25-26-27-28-29-30-31-32-33-34-35-36-37-38-39-40-41-42-44-46-48-50-52-58(62)59-56(55-66-67(63,64)65-54-53-60(3,4)5)57(61)51-49-47-45-43-17-15-13-11-9-7-2/h21-22,49,51,56-57,61H,6-20,23-48,50,52-55H2,1-5H3,(H-,59,62,63,64)/b22-21-,51-49+. The first-order valence-corrected chi connectivity index (χ1v) is 30.7. The number of unbranched alkanes of at least 4 members (excludes halogenated alkanes) is 39. The van der Waals surface area contributed by atoms with Gasteiger partial charge < -0.3 is 28.8 Å². The summed E-state index contributed by atoms with van der Waals surface area (Å²) in [4.78, 5) is 25.4. The second kappa shape index (κ2) is 49.9. The number of hydrogen-bond donors (Lipinski definition) is 2. The molecule has 3 atom stereocenters. The molecular weight excluding hydrogens is 852 g/mol. The van der Waals surface area contributed by atoms with Crippen LogP contribution in [0, 0.1) is 0 Å². The molecule has 1 amide bonds. The summed E-state index contributed by atoms with van der Waals surface area (Å²) in [6.45, 7) is 4.65. The van der Waals surface area contributed by atoms with E-state index >= 15 is 0 Å². The number of likely N-dealkylation sites (N-methyl/N-ethyl adjacent to an activating group) is 1. The fourth-order valence-electron chi connectivity index (χ4n) is 8.80. The maximum atomic E-state index is 12.9. The molecule has 0 rings (SSSR count). The number of aliphatic hydroxyl groups is 1. The Kier molecular flexibility index (Phi) is 49.2. The zero-order chi connectivity index (χ0) is 49.2. The van der Waals surface area contributed by atoms with E-state index in [1.165, 1.54) is 231 Å². The minimum atomic E-state index is -4.58. The third-order valence-corrected chi connectivity index (χ3v) is 14.4. The Morgan fingerprint density at radius 1 is 0.507 bits per heavy atom. The van der Waals surface area contributed by atoms with Gasteiger partial charge in [0.2, 0.25) is 5.91 Å². The van der Waals surface area contributed by atoms with Crippen LogP contribution in [0.3, 0.4) is 0 Å². The van der Waals surface area contributed by atoms with Crippen LogP contribution in [0.15, 0.2) is 24.3 Å². The highest BCUT2D eigenvalue weighted by Gasteiger charge is 2.23. The summed E-state index contributed by atoms with van der Waals surface area (Å²) in [5.74, 6) is -0.194. The zero-order valence-corrected chi connectivity index (χ0v) is 46.3. The van der Waals surface area contributed by atoms with E-state index in [9.17, 15) is 19.4 Å². The number of carbonyl (C=O) groups excluding carboxylic acids is 1. The summed E-state index contributed by atoms with van der Waals surface area (Å²) in [6, 6.07) is -0.881. The summed E-state index contributed by atoms with van der Waals surface area (Å²) in [7, 11) is 1.27. The molecule has 0 bridgehead atoms. The van der Waals surface area contributed by atoms with Gasteiger partial charge in [0.25, 0.3) is 7.82 Å². The Labute approximate surface area is 417 Å². The summed E-state index contributed by atoms with van der Waals surface area (Å²) >= 11 is 0. The van der Waals surface area contributed by atoms with Gasteiger partial charge in [0.05, 0.1) is 39.9 Å². The monoisotopic (exact) mass is 967 g/mol. The summed E-state index contributed by atoms with van der Waals surface area (Å²) < 4.78 is 23.2. The van der Waals surface area contributed by atoms with Crippen LogP contribution in [-0.4, -0.2) is 68.5 Å². The van der Waals surface area contributed by atoms with E-state index in [0.29, 0.717) is 17.4 Å². The minimum absolute atomic E-state index is 0.00126. The first-order valence-electron chi connectivity index (χ1n) is 29.2. The molecule has 0 heterocycles. The number of nitrogens with one attached hydrogen (secondary N) is 1. The van der Waals surface area contributed by atoms with Crippen LogP contribution in [0.1, 0.15) is 290 Å². The lowest BCUT2D eigenvalue weighted by molar-refractivity contribution is -0.870. The van der Waals surface area contributed by atoms with Crippen molar-refractivity contribution in [2.24, 2.45) is 0 Å². The normalized spacial score (nSPS) is 14.1. The van der Waals surface area contributed by atoms with Gasteiger partial charge in [-0.15, -0.1) is 0 Å². The summed E-state index contributed by atoms with van der Waals surface area (Å²) in [5.41, 5.74) is 0. The number of aliphatic hydroxyl groups excluding tert-OH is 1. The SMILES string of the molecule is CCCCCCCCCC/C=C\CCCCCCCCCCCCCCCCCCCCCCCCCC(=O)NC(COP(=O)([O-])OCC[N+](C)(C)C)C(O)/C=C/CCCCCCCCCC. The Bertz CT molecular complexity index is 1140. The third kappa shape index (κ3) is 52.6. The molecule has 0 spiro atoms. The smallest absolute Gasteiger partial charge is 0.268 e. The van der Waals surface area contributed by atoms with E-state index in [-0.39, 0.29) is 19.1 Å². The van der Waals surface area contributed by atoms with Crippen LogP contribution in [0.25, 0.3) is 0 Å².